The maximum atomic E-state index is 12.0. The number of hydrogen-bond acceptors (Lipinski definition) is 3. The summed E-state index contributed by atoms with van der Waals surface area (Å²) in [5.41, 5.74) is -0.610. The first kappa shape index (κ1) is 14.0. The number of aromatic hydroxyl groups is 1. The molecule has 0 aliphatic carbocycles. The minimum absolute atomic E-state index is 0.0572. The monoisotopic (exact) mass is 251 g/mol. The molecule has 1 amide bonds. The van der Waals surface area contributed by atoms with Gasteiger partial charge in [-0.15, -0.1) is 0 Å². The summed E-state index contributed by atoms with van der Waals surface area (Å²) in [7, 11) is 1.46. The van der Waals surface area contributed by atoms with Gasteiger partial charge in [0.25, 0.3) is 0 Å². The Morgan fingerprint density at radius 3 is 2.44 bits per heavy atom. The molecule has 0 unspecified atom stereocenters. The van der Waals surface area contributed by atoms with Crippen molar-refractivity contribution in [2.45, 2.75) is 25.8 Å². The molecule has 0 aromatic heterocycles. The number of carbonyl (C=O) groups excluding carboxylic acids is 1. The molecule has 0 spiro atoms. The number of rotatable bonds is 4. The molecule has 0 aliphatic heterocycles. The van der Waals surface area contributed by atoms with E-state index in [-0.39, 0.29) is 18.1 Å². The van der Waals surface area contributed by atoms with E-state index in [4.69, 9.17) is 5.11 Å². The predicted octanol–water partition coefficient (Wildman–Crippen LogP) is 1.26. The molecule has 0 saturated heterocycles. The lowest BCUT2D eigenvalue weighted by Crippen LogP contribution is -2.51. The van der Waals surface area contributed by atoms with Crippen LogP contribution in [0.3, 0.4) is 0 Å². The van der Waals surface area contributed by atoms with Crippen LogP contribution in [0.15, 0.2) is 24.3 Å². The molecule has 0 bridgehead atoms. The molecule has 5 heteroatoms. The normalized spacial score (nSPS) is 11.1. The van der Waals surface area contributed by atoms with Gasteiger partial charge in [0.15, 0.2) is 0 Å². The maximum absolute atomic E-state index is 12.0. The summed E-state index contributed by atoms with van der Waals surface area (Å²) in [6, 6.07) is 6.35. The standard InChI is InChI=1S/C13H17NO4/c1-13(2,12(17)18)14(3)11(16)8-9-5-4-6-10(15)7-9/h4-7,15H,8H2,1-3H3,(H,17,18). The zero-order valence-corrected chi connectivity index (χ0v) is 10.7. The maximum Gasteiger partial charge on any atom is 0.329 e. The van der Waals surface area contributed by atoms with Gasteiger partial charge in [0.1, 0.15) is 11.3 Å². The van der Waals surface area contributed by atoms with Gasteiger partial charge in [0.05, 0.1) is 6.42 Å². The lowest BCUT2D eigenvalue weighted by atomic mass is 10.0. The average molecular weight is 251 g/mol. The van der Waals surface area contributed by atoms with E-state index in [0.717, 1.165) is 0 Å². The van der Waals surface area contributed by atoms with Crippen LogP contribution in [0, 0.1) is 0 Å². The SMILES string of the molecule is CN(C(=O)Cc1cccc(O)c1)C(C)(C)C(=O)O. The van der Waals surface area contributed by atoms with E-state index in [9.17, 15) is 14.7 Å². The highest BCUT2D eigenvalue weighted by Gasteiger charge is 2.34. The van der Waals surface area contributed by atoms with Gasteiger partial charge in [0, 0.05) is 7.05 Å². The Balaban J connectivity index is 2.80. The number of phenolic OH excluding ortho intramolecular Hbond substituents is 1. The van der Waals surface area contributed by atoms with Crippen LogP contribution in [-0.4, -0.2) is 39.6 Å². The van der Waals surface area contributed by atoms with Crippen LogP contribution in [0.2, 0.25) is 0 Å². The number of carboxylic acids is 1. The van der Waals surface area contributed by atoms with Crippen molar-refractivity contribution in [3.8, 4) is 5.75 Å². The average Bonchev–Trinajstić information content (AvgIpc) is 2.27. The molecule has 0 fully saturated rings. The van der Waals surface area contributed by atoms with Gasteiger partial charge >= 0.3 is 5.97 Å². The van der Waals surface area contributed by atoms with Gasteiger partial charge in [-0.25, -0.2) is 4.79 Å². The summed E-state index contributed by atoms with van der Waals surface area (Å²) in [4.78, 5) is 24.2. The third kappa shape index (κ3) is 3.00. The van der Waals surface area contributed by atoms with Gasteiger partial charge in [-0.05, 0) is 31.5 Å². The van der Waals surface area contributed by atoms with Crippen LogP contribution < -0.4 is 0 Å². The molecule has 1 aromatic carbocycles. The topological polar surface area (TPSA) is 77.8 Å². The van der Waals surface area contributed by atoms with Crippen molar-refractivity contribution in [3.05, 3.63) is 29.8 Å². The van der Waals surface area contributed by atoms with Crippen LogP contribution >= 0.6 is 0 Å². The second-order valence-electron chi connectivity index (χ2n) is 4.66. The number of benzene rings is 1. The molecule has 0 radical (unpaired) electrons. The van der Waals surface area contributed by atoms with E-state index >= 15 is 0 Å². The summed E-state index contributed by atoms with van der Waals surface area (Å²) < 4.78 is 0. The Morgan fingerprint density at radius 1 is 1.33 bits per heavy atom. The fraction of sp³-hybridized carbons (Fsp3) is 0.385. The minimum atomic E-state index is -1.26. The Bertz CT molecular complexity index is 468. The van der Waals surface area contributed by atoms with Crippen LogP contribution in [0.25, 0.3) is 0 Å². The zero-order chi connectivity index (χ0) is 13.9. The third-order valence-electron chi connectivity index (χ3n) is 3.00. The van der Waals surface area contributed by atoms with E-state index < -0.39 is 11.5 Å². The molecule has 0 saturated carbocycles. The van der Waals surface area contributed by atoms with Gasteiger partial charge in [-0.3, -0.25) is 4.79 Å². The summed E-state index contributed by atoms with van der Waals surface area (Å²) in [6.45, 7) is 2.94. The molecule has 0 heterocycles. The summed E-state index contributed by atoms with van der Waals surface area (Å²) in [5.74, 6) is -1.29. The molecule has 1 aromatic rings. The second kappa shape index (κ2) is 5.08. The molecule has 5 nitrogen and oxygen atoms in total. The van der Waals surface area contributed by atoms with Crippen molar-refractivity contribution in [1.29, 1.82) is 0 Å². The van der Waals surface area contributed by atoms with Crippen molar-refractivity contribution < 1.29 is 19.8 Å². The van der Waals surface area contributed by atoms with E-state index in [1.54, 1.807) is 12.1 Å². The summed E-state index contributed by atoms with van der Waals surface area (Å²) in [6.07, 6.45) is 0.0572. The Hall–Kier alpha value is -2.04. The second-order valence-corrected chi connectivity index (χ2v) is 4.66. The van der Waals surface area contributed by atoms with E-state index in [2.05, 4.69) is 0 Å². The molecule has 2 N–H and O–H groups in total. The lowest BCUT2D eigenvalue weighted by molar-refractivity contribution is -0.155. The van der Waals surface area contributed by atoms with Gasteiger partial charge in [-0.1, -0.05) is 12.1 Å². The molecule has 1 rings (SSSR count). The van der Waals surface area contributed by atoms with Gasteiger partial charge < -0.3 is 15.1 Å². The first-order valence-electron chi connectivity index (χ1n) is 5.53. The number of carboxylic acid groups (broad SMARTS) is 1. The molecule has 18 heavy (non-hydrogen) atoms. The van der Waals surface area contributed by atoms with Crippen LogP contribution in [0.5, 0.6) is 5.75 Å². The lowest BCUT2D eigenvalue weighted by Gasteiger charge is -2.31. The molecule has 98 valence electrons. The number of phenols is 1. The number of aliphatic carboxylic acids is 1. The highest BCUT2D eigenvalue weighted by molar-refractivity contribution is 5.87. The quantitative estimate of drug-likeness (QED) is 0.844. The third-order valence-corrected chi connectivity index (χ3v) is 3.00. The van der Waals surface area contributed by atoms with Crippen molar-refractivity contribution in [3.63, 3.8) is 0 Å². The first-order chi connectivity index (χ1) is 8.25. The smallest absolute Gasteiger partial charge is 0.329 e. The van der Waals surface area contributed by atoms with E-state index in [1.807, 2.05) is 0 Å². The highest BCUT2D eigenvalue weighted by Crippen LogP contribution is 2.16. The van der Waals surface area contributed by atoms with E-state index in [0.29, 0.717) is 5.56 Å². The van der Waals surface area contributed by atoms with Crippen LogP contribution in [-0.2, 0) is 16.0 Å². The fourth-order valence-electron chi connectivity index (χ4n) is 1.41. The minimum Gasteiger partial charge on any atom is -0.508 e. The molecular formula is C13H17NO4. The number of amides is 1. The Morgan fingerprint density at radius 2 is 1.94 bits per heavy atom. The Labute approximate surface area is 106 Å². The Kier molecular flexibility index (Phi) is 3.96. The largest absolute Gasteiger partial charge is 0.508 e. The van der Waals surface area contributed by atoms with E-state index in [1.165, 1.54) is 37.9 Å². The number of nitrogens with zero attached hydrogens (tertiary/aromatic N) is 1. The highest BCUT2D eigenvalue weighted by atomic mass is 16.4. The van der Waals surface area contributed by atoms with Crippen molar-refractivity contribution >= 4 is 11.9 Å². The zero-order valence-electron chi connectivity index (χ0n) is 10.7. The molecule has 0 atom stereocenters. The first-order valence-corrected chi connectivity index (χ1v) is 5.53. The van der Waals surface area contributed by atoms with Gasteiger partial charge in [0.2, 0.25) is 5.91 Å². The number of carbonyl (C=O) groups is 2. The fourth-order valence-corrected chi connectivity index (χ4v) is 1.41. The summed E-state index contributed by atoms with van der Waals surface area (Å²) >= 11 is 0. The summed E-state index contributed by atoms with van der Waals surface area (Å²) in [5, 5.41) is 18.3. The van der Waals surface area contributed by atoms with Crippen LogP contribution in [0.1, 0.15) is 19.4 Å². The van der Waals surface area contributed by atoms with Crippen LogP contribution in [0.4, 0.5) is 0 Å². The van der Waals surface area contributed by atoms with Crippen molar-refractivity contribution in [2.75, 3.05) is 7.05 Å². The molecule has 0 aliphatic rings. The predicted molar refractivity (Wildman–Crippen MR) is 66.3 cm³/mol. The van der Waals surface area contributed by atoms with Crippen molar-refractivity contribution in [2.24, 2.45) is 0 Å². The number of likely N-dealkylation sites (N-methyl/N-ethyl adjacent to an activating group) is 1. The number of hydrogen-bond donors (Lipinski definition) is 2. The van der Waals surface area contributed by atoms with Gasteiger partial charge in [-0.2, -0.15) is 0 Å². The van der Waals surface area contributed by atoms with Crippen molar-refractivity contribution in [1.82, 2.24) is 4.90 Å². The molecular weight excluding hydrogens is 234 g/mol.